The summed E-state index contributed by atoms with van der Waals surface area (Å²) in [7, 11) is 0. The highest BCUT2D eigenvalue weighted by atomic mass is 16.5. The number of pyridine rings is 1. The fourth-order valence-electron chi connectivity index (χ4n) is 2.91. The van der Waals surface area contributed by atoms with E-state index in [-0.39, 0.29) is 12.0 Å². The van der Waals surface area contributed by atoms with Crippen LogP contribution in [0.15, 0.2) is 36.5 Å². The number of para-hydroxylation sites is 1. The zero-order valence-corrected chi connectivity index (χ0v) is 12.4. The maximum Gasteiger partial charge on any atom is 0.251 e. The van der Waals surface area contributed by atoms with Gasteiger partial charge in [0.2, 0.25) is 0 Å². The number of hydrogen-bond acceptors (Lipinski definition) is 4. The number of carbonyl (C=O) groups excluding carboxylic acids is 1. The minimum absolute atomic E-state index is 0.0190. The summed E-state index contributed by atoms with van der Waals surface area (Å²) in [6.45, 7) is 1.95. The van der Waals surface area contributed by atoms with Crippen LogP contribution >= 0.6 is 0 Å². The van der Waals surface area contributed by atoms with E-state index in [1.807, 2.05) is 30.5 Å². The molecule has 0 bridgehead atoms. The minimum atomic E-state index is -0.388. The van der Waals surface area contributed by atoms with E-state index in [0.717, 1.165) is 36.0 Å². The Balaban J connectivity index is 1.57. The summed E-state index contributed by atoms with van der Waals surface area (Å²) in [6.07, 6.45) is 3.63. The van der Waals surface area contributed by atoms with Gasteiger partial charge in [-0.05, 0) is 25.0 Å². The first-order valence-corrected chi connectivity index (χ1v) is 7.82. The number of fused-ring (bicyclic) bond motifs is 1. The molecule has 1 aliphatic carbocycles. The molecule has 2 aliphatic rings. The molecule has 1 aromatic heterocycles. The van der Waals surface area contributed by atoms with Crippen LogP contribution in [0.5, 0.6) is 0 Å². The van der Waals surface area contributed by atoms with Gasteiger partial charge >= 0.3 is 0 Å². The van der Waals surface area contributed by atoms with Crippen molar-refractivity contribution in [3.05, 3.63) is 36.5 Å². The molecule has 1 saturated heterocycles. The second kappa shape index (κ2) is 5.57. The van der Waals surface area contributed by atoms with Crippen molar-refractivity contribution < 1.29 is 9.53 Å². The third-order valence-corrected chi connectivity index (χ3v) is 4.25. The van der Waals surface area contributed by atoms with Crippen LogP contribution in [0.2, 0.25) is 0 Å². The number of nitrogens with zero attached hydrogens (tertiary/aromatic N) is 2. The number of ether oxygens (including phenoxy) is 1. The average molecular weight is 297 g/mol. The molecular formula is C17H19N3O2. The summed E-state index contributed by atoms with van der Waals surface area (Å²) in [5.74, 6) is 0.0190. The lowest BCUT2D eigenvalue weighted by Gasteiger charge is -2.34. The summed E-state index contributed by atoms with van der Waals surface area (Å²) in [5.41, 5.74) is 2.10. The van der Waals surface area contributed by atoms with Crippen molar-refractivity contribution in [2.45, 2.75) is 25.0 Å². The lowest BCUT2D eigenvalue weighted by atomic mass is 10.1. The van der Waals surface area contributed by atoms with Crippen LogP contribution in [0.4, 0.5) is 5.69 Å². The van der Waals surface area contributed by atoms with Crippen LogP contribution in [-0.4, -0.2) is 42.7 Å². The lowest BCUT2D eigenvalue weighted by molar-refractivity contribution is -0.133. The Morgan fingerprint density at radius 3 is 3.00 bits per heavy atom. The Kier molecular flexibility index (Phi) is 3.42. The van der Waals surface area contributed by atoms with Gasteiger partial charge in [0.05, 0.1) is 18.7 Å². The van der Waals surface area contributed by atoms with Crippen molar-refractivity contribution in [2.75, 3.05) is 24.6 Å². The molecule has 5 heteroatoms. The van der Waals surface area contributed by atoms with Gasteiger partial charge in [-0.15, -0.1) is 0 Å². The second-order valence-electron chi connectivity index (χ2n) is 5.94. The van der Waals surface area contributed by atoms with Crippen LogP contribution in [0.25, 0.3) is 10.9 Å². The summed E-state index contributed by atoms with van der Waals surface area (Å²) in [4.78, 5) is 18.8. The highest BCUT2D eigenvalue weighted by Crippen LogP contribution is 2.27. The number of amides is 1. The standard InChI is InChI=1S/C17H19N3O2/c21-17(19-12-5-6-12)16-11-20(9-10-22-16)15-7-8-18-14-4-2-1-3-13(14)15/h1-4,7-8,12,16H,5-6,9-11H2,(H,19,21). The number of nitrogens with one attached hydrogen (secondary N) is 1. The number of hydrogen-bond donors (Lipinski definition) is 1. The van der Waals surface area contributed by atoms with Crippen molar-refractivity contribution >= 4 is 22.5 Å². The summed E-state index contributed by atoms with van der Waals surface area (Å²) < 4.78 is 5.66. The topological polar surface area (TPSA) is 54.5 Å². The van der Waals surface area contributed by atoms with Gasteiger partial charge in [-0.3, -0.25) is 9.78 Å². The third kappa shape index (κ3) is 2.64. The minimum Gasteiger partial charge on any atom is -0.365 e. The van der Waals surface area contributed by atoms with E-state index >= 15 is 0 Å². The molecule has 5 nitrogen and oxygen atoms in total. The zero-order chi connectivity index (χ0) is 14.9. The monoisotopic (exact) mass is 297 g/mol. The molecule has 2 fully saturated rings. The number of benzene rings is 1. The molecule has 1 unspecified atom stereocenters. The molecule has 2 heterocycles. The van der Waals surface area contributed by atoms with Gasteiger partial charge in [-0.1, -0.05) is 18.2 Å². The normalized spacial score (nSPS) is 21.8. The number of anilines is 1. The molecule has 1 saturated carbocycles. The fourth-order valence-corrected chi connectivity index (χ4v) is 2.91. The predicted octanol–water partition coefficient (Wildman–Crippen LogP) is 1.72. The molecule has 1 N–H and O–H groups in total. The van der Waals surface area contributed by atoms with Crippen LogP contribution in [0, 0.1) is 0 Å². The van der Waals surface area contributed by atoms with E-state index in [2.05, 4.69) is 21.3 Å². The van der Waals surface area contributed by atoms with Gasteiger partial charge in [0.1, 0.15) is 0 Å². The summed E-state index contributed by atoms with van der Waals surface area (Å²) in [6, 6.07) is 10.5. The molecule has 2 aromatic rings. The van der Waals surface area contributed by atoms with Gasteiger partial charge in [0.25, 0.3) is 5.91 Å². The van der Waals surface area contributed by atoms with Crippen molar-refractivity contribution in [1.29, 1.82) is 0 Å². The van der Waals surface area contributed by atoms with Gasteiger partial charge in [0.15, 0.2) is 6.10 Å². The zero-order valence-electron chi connectivity index (χ0n) is 12.4. The van der Waals surface area contributed by atoms with E-state index in [4.69, 9.17) is 4.74 Å². The molecule has 0 radical (unpaired) electrons. The van der Waals surface area contributed by atoms with Gasteiger partial charge < -0.3 is 15.0 Å². The molecule has 1 amide bonds. The number of morpholine rings is 1. The van der Waals surface area contributed by atoms with Crippen LogP contribution in [0.3, 0.4) is 0 Å². The van der Waals surface area contributed by atoms with Crippen LogP contribution in [0.1, 0.15) is 12.8 Å². The Bertz CT molecular complexity index is 694. The van der Waals surface area contributed by atoms with Crippen LogP contribution in [-0.2, 0) is 9.53 Å². The predicted molar refractivity (Wildman–Crippen MR) is 84.9 cm³/mol. The molecule has 22 heavy (non-hydrogen) atoms. The summed E-state index contributed by atoms with van der Waals surface area (Å²) >= 11 is 0. The number of carbonyl (C=O) groups is 1. The van der Waals surface area contributed by atoms with Crippen LogP contribution < -0.4 is 10.2 Å². The SMILES string of the molecule is O=C(NC1CC1)C1CN(c2ccnc3ccccc23)CCO1. The lowest BCUT2D eigenvalue weighted by Crippen LogP contribution is -2.50. The maximum atomic E-state index is 12.2. The molecule has 4 rings (SSSR count). The first-order chi connectivity index (χ1) is 10.8. The van der Waals surface area contributed by atoms with Crippen molar-refractivity contribution in [2.24, 2.45) is 0 Å². The van der Waals surface area contributed by atoms with E-state index < -0.39 is 0 Å². The van der Waals surface area contributed by atoms with Gasteiger partial charge in [-0.25, -0.2) is 0 Å². The molecule has 114 valence electrons. The van der Waals surface area contributed by atoms with Crippen molar-refractivity contribution in [1.82, 2.24) is 10.3 Å². The maximum absolute atomic E-state index is 12.2. The van der Waals surface area contributed by atoms with E-state index in [9.17, 15) is 4.79 Å². The largest absolute Gasteiger partial charge is 0.365 e. The quantitative estimate of drug-likeness (QED) is 0.937. The molecule has 1 atom stereocenters. The smallest absolute Gasteiger partial charge is 0.251 e. The molecular weight excluding hydrogens is 278 g/mol. The Morgan fingerprint density at radius 1 is 1.27 bits per heavy atom. The Hall–Kier alpha value is -2.14. The Labute approximate surface area is 129 Å². The Morgan fingerprint density at radius 2 is 2.14 bits per heavy atom. The van der Waals surface area contributed by atoms with E-state index in [1.54, 1.807) is 0 Å². The van der Waals surface area contributed by atoms with E-state index in [0.29, 0.717) is 19.2 Å². The first kappa shape index (κ1) is 13.5. The average Bonchev–Trinajstić information content (AvgIpc) is 3.38. The van der Waals surface area contributed by atoms with Crippen molar-refractivity contribution in [3.63, 3.8) is 0 Å². The third-order valence-electron chi connectivity index (χ3n) is 4.25. The highest BCUT2D eigenvalue weighted by molar-refractivity contribution is 5.92. The fraction of sp³-hybridized carbons (Fsp3) is 0.412. The second-order valence-corrected chi connectivity index (χ2v) is 5.94. The summed E-state index contributed by atoms with van der Waals surface area (Å²) in [5, 5.41) is 4.15. The van der Waals surface area contributed by atoms with Crippen molar-refractivity contribution in [3.8, 4) is 0 Å². The molecule has 1 aromatic carbocycles. The first-order valence-electron chi connectivity index (χ1n) is 7.82. The number of rotatable bonds is 3. The highest BCUT2D eigenvalue weighted by Gasteiger charge is 2.31. The van der Waals surface area contributed by atoms with Gasteiger partial charge in [-0.2, -0.15) is 0 Å². The molecule has 1 aliphatic heterocycles. The van der Waals surface area contributed by atoms with Gasteiger partial charge in [0, 0.05) is 29.9 Å². The molecule has 0 spiro atoms. The number of aromatic nitrogens is 1. The van der Waals surface area contributed by atoms with E-state index in [1.165, 1.54) is 0 Å².